The molecule has 0 heterocycles. The zero-order valence-corrected chi connectivity index (χ0v) is 12.3. The largest absolute Gasteiger partial charge is 0.428 e. The minimum atomic E-state index is -7.45. The fourth-order valence-corrected chi connectivity index (χ4v) is 1.52. The van der Waals surface area contributed by atoms with Crippen molar-refractivity contribution in [1.29, 1.82) is 0 Å². The van der Waals surface area contributed by atoms with E-state index in [2.05, 4.69) is 12.6 Å². The highest BCUT2D eigenvalue weighted by molar-refractivity contribution is 7.80. The van der Waals surface area contributed by atoms with Crippen LogP contribution >= 0.6 is 12.6 Å². The van der Waals surface area contributed by atoms with E-state index in [9.17, 15) is 52.7 Å². The maximum atomic E-state index is 13.2. The van der Waals surface area contributed by atoms with Gasteiger partial charge in [0, 0.05) is 12.2 Å². The smallest absolute Gasteiger partial charge is 0.392 e. The molecule has 0 radical (unpaired) electrons. The van der Waals surface area contributed by atoms with Crippen LogP contribution in [0.1, 0.15) is 13.3 Å². The Balaban J connectivity index is 6.11. The molecule has 24 heavy (non-hydrogen) atoms. The first-order chi connectivity index (χ1) is 10.2. The molecule has 1 nitrogen and oxygen atoms in total. The molecule has 2 unspecified atom stereocenters. The van der Waals surface area contributed by atoms with Gasteiger partial charge in [0.05, 0.1) is 6.10 Å². The second-order valence-corrected chi connectivity index (χ2v) is 5.33. The molecule has 0 aromatic heterocycles. The molecule has 0 rings (SSSR count). The minimum absolute atomic E-state index is 0.975. The number of hydrogen-bond acceptors (Lipinski definition) is 2. The van der Waals surface area contributed by atoms with Crippen LogP contribution in [0.15, 0.2) is 0 Å². The van der Waals surface area contributed by atoms with Crippen LogP contribution in [0.4, 0.5) is 52.7 Å². The lowest BCUT2D eigenvalue weighted by Gasteiger charge is -2.41. The number of aliphatic hydroxyl groups is 1. The van der Waals surface area contributed by atoms with E-state index in [0.29, 0.717) is 0 Å². The first-order valence-corrected chi connectivity index (χ1v) is 6.39. The van der Waals surface area contributed by atoms with Crippen molar-refractivity contribution in [3.63, 3.8) is 0 Å². The van der Waals surface area contributed by atoms with Gasteiger partial charge in [0.1, 0.15) is 0 Å². The second-order valence-electron chi connectivity index (χ2n) is 4.97. The monoisotopic (exact) mass is 406 g/mol. The molecule has 14 heteroatoms. The molecule has 0 fully saturated rings. The first-order valence-electron chi connectivity index (χ1n) is 5.76. The predicted molar refractivity (Wildman–Crippen MR) is 59.8 cm³/mol. The van der Waals surface area contributed by atoms with Gasteiger partial charge in [-0.3, -0.25) is 0 Å². The third-order valence-corrected chi connectivity index (χ3v) is 3.49. The van der Waals surface area contributed by atoms with Gasteiger partial charge in [-0.25, -0.2) is 4.39 Å². The Kier molecular flexibility index (Phi) is 6.18. The number of halogens is 12. The van der Waals surface area contributed by atoms with Crippen LogP contribution in [-0.4, -0.2) is 52.5 Å². The van der Waals surface area contributed by atoms with E-state index in [1.165, 1.54) is 0 Å². The van der Waals surface area contributed by atoms with Crippen molar-refractivity contribution < 1.29 is 57.8 Å². The Hall–Kier alpha value is -0.530. The Bertz CT molecular complexity index is 444. The van der Waals surface area contributed by atoms with Crippen molar-refractivity contribution in [2.75, 3.05) is 5.75 Å². The SMILES string of the molecule is CC(F)(C(F)(F)F)C(F)(F)C(F)(F)C(F)(F)C(F)(F)CC(O)CS. The van der Waals surface area contributed by atoms with E-state index in [1.807, 2.05) is 0 Å². The molecule has 1 N–H and O–H groups in total. The molecule has 0 aliphatic carbocycles. The molecule has 0 saturated carbocycles. The topological polar surface area (TPSA) is 20.2 Å². The lowest BCUT2D eigenvalue weighted by molar-refractivity contribution is -0.413. The average Bonchev–Trinajstić information content (AvgIpc) is 2.35. The first kappa shape index (κ1) is 23.5. The number of hydrogen-bond donors (Lipinski definition) is 2. The van der Waals surface area contributed by atoms with E-state index >= 15 is 0 Å². The van der Waals surface area contributed by atoms with E-state index in [-0.39, 0.29) is 0 Å². The van der Waals surface area contributed by atoms with Crippen LogP contribution in [0, 0.1) is 0 Å². The summed E-state index contributed by atoms with van der Waals surface area (Å²) in [6.07, 6.45) is -11.8. The summed E-state index contributed by atoms with van der Waals surface area (Å²) in [7, 11) is 0. The quantitative estimate of drug-likeness (QED) is 0.471. The van der Waals surface area contributed by atoms with Crippen molar-refractivity contribution >= 4 is 12.6 Å². The number of thiol groups is 1. The number of aliphatic hydroxyl groups excluding tert-OH is 1. The highest BCUT2D eigenvalue weighted by Gasteiger charge is 2.88. The highest BCUT2D eigenvalue weighted by atomic mass is 32.1. The van der Waals surface area contributed by atoms with Crippen LogP contribution in [0.5, 0.6) is 0 Å². The standard InChI is InChI=1S/C10H10F12OS/c1-5(11,10(20,21)22)7(14,15)9(18,19)8(16,17)6(12,13)2-4(23)3-24/h4,23-24H,2-3H2,1H3. The van der Waals surface area contributed by atoms with Crippen molar-refractivity contribution in [2.24, 2.45) is 0 Å². The lowest BCUT2D eigenvalue weighted by Crippen LogP contribution is -2.70. The van der Waals surface area contributed by atoms with Crippen LogP contribution in [-0.2, 0) is 0 Å². The van der Waals surface area contributed by atoms with Gasteiger partial charge >= 0.3 is 29.9 Å². The zero-order chi connectivity index (χ0) is 20.0. The summed E-state index contributed by atoms with van der Waals surface area (Å²) in [5.41, 5.74) is -6.24. The molecule has 0 spiro atoms. The number of rotatable bonds is 7. The Morgan fingerprint density at radius 2 is 1.12 bits per heavy atom. The zero-order valence-electron chi connectivity index (χ0n) is 11.4. The number of alkyl halides is 12. The Labute approximate surface area is 132 Å². The third-order valence-electron chi connectivity index (χ3n) is 3.07. The van der Waals surface area contributed by atoms with Crippen LogP contribution in [0.2, 0.25) is 0 Å². The summed E-state index contributed by atoms with van der Waals surface area (Å²) < 4.78 is 155. The maximum Gasteiger partial charge on any atom is 0.428 e. The maximum absolute atomic E-state index is 13.2. The van der Waals surface area contributed by atoms with Crippen molar-refractivity contribution in [1.82, 2.24) is 0 Å². The van der Waals surface area contributed by atoms with Gasteiger partial charge < -0.3 is 5.11 Å². The van der Waals surface area contributed by atoms with Gasteiger partial charge in [-0.1, -0.05) is 0 Å². The van der Waals surface area contributed by atoms with E-state index in [1.54, 1.807) is 0 Å². The molecule has 0 aliphatic rings. The molecule has 0 aliphatic heterocycles. The summed E-state index contributed by atoms with van der Waals surface area (Å²) in [4.78, 5) is 0. The minimum Gasteiger partial charge on any atom is -0.392 e. The molecule has 0 amide bonds. The molecule has 0 bridgehead atoms. The van der Waals surface area contributed by atoms with Gasteiger partial charge in [0.15, 0.2) is 0 Å². The van der Waals surface area contributed by atoms with Gasteiger partial charge in [-0.15, -0.1) is 0 Å². The summed E-state index contributed by atoms with van der Waals surface area (Å²) in [6, 6.07) is 0. The van der Waals surface area contributed by atoms with Crippen molar-refractivity contribution in [3.8, 4) is 0 Å². The molecular formula is C10H10F12OS. The van der Waals surface area contributed by atoms with Gasteiger partial charge in [0.25, 0.3) is 5.67 Å². The van der Waals surface area contributed by atoms with Crippen molar-refractivity contribution in [2.45, 2.75) is 55.0 Å². The van der Waals surface area contributed by atoms with Gasteiger partial charge in [-0.2, -0.15) is 60.9 Å². The molecular weight excluding hydrogens is 396 g/mol. The van der Waals surface area contributed by atoms with Gasteiger partial charge in [-0.05, 0) is 6.92 Å². The summed E-state index contributed by atoms with van der Waals surface area (Å²) >= 11 is 3.16. The molecule has 0 aromatic rings. The Morgan fingerprint density at radius 1 is 0.750 bits per heavy atom. The van der Waals surface area contributed by atoms with E-state index in [0.717, 1.165) is 0 Å². The predicted octanol–water partition coefficient (Wildman–Crippen LogP) is 4.50. The van der Waals surface area contributed by atoms with Crippen LogP contribution < -0.4 is 0 Å². The molecule has 0 saturated heterocycles. The second kappa shape index (κ2) is 6.32. The Morgan fingerprint density at radius 3 is 1.42 bits per heavy atom. The highest BCUT2D eigenvalue weighted by Crippen LogP contribution is 2.60. The van der Waals surface area contributed by atoms with E-state index in [4.69, 9.17) is 5.11 Å². The molecule has 0 aromatic carbocycles. The normalized spacial score (nSPS) is 19.1. The van der Waals surface area contributed by atoms with Crippen LogP contribution in [0.25, 0.3) is 0 Å². The van der Waals surface area contributed by atoms with E-state index < -0.39 is 60.7 Å². The van der Waals surface area contributed by atoms with Gasteiger partial charge in [0.2, 0.25) is 0 Å². The molecule has 146 valence electrons. The fraction of sp³-hybridized carbons (Fsp3) is 1.00. The summed E-state index contributed by atoms with van der Waals surface area (Å²) in [6.45, 7) is -1.18. The third kappa shape index (κ3) is 3.40. The summed E-state index contributed by atoms with van der Waals surface area (Å²) in [5.74, 6) is -28.9. The lowest BCUT2D eigenvalue weighted by atomic mass is 9.86. The molecule has 2 atom stereocenters. The van der Waals surface area contributed by atoms with Crippen molar-refractivity contribution in [3.05, 3.63) is 0 Å². The fourth-order valence-electron chi connectivity index (χ4n) is 1.39. The average molecular weight is 406 g/mol. The summed E-state index contributed by atoms with van der Waals surface area (Å²) in [5, 5.41) is 8.74. The van der Waals surface area contributed by atoms with Crippen LogP contribution in [0.3, 0.4) is 0 Å².